The average Bonchev–Trinajstić information content (AvgIpc) is 2.39. The molecule has 5 nitrogen and oxygen atoms in total. The average molecular weight is 257 g/mol. The molecule has 5 heteroatoms. The second-order valence-electron chi connectivity index (χ2n) is 5.43. The summed E-state index contributed by atoms with van der Waals surface area (Å²) >= 11 is 0. The molecule has 0 atom stereocenters. The second-order valence-corrected chi connectivity index (χ2v) is 5.43. The Bertz CT molecular complexity index is 263. The summed E-state index contributed by atoms with van der Waals surface area (Å²) in [5.74, 6) is 0.188. The van der Waals surface area contributed by atoms with Crippen molar-refractivity contribution in [2.45, 2.75) is 32.7 Å². The van der Waals surface area contributed by atoms with E-state index < -0.39 is 0 Å². The van der Waals surface area contributed by atoms with Gasteiger partial charge in [0, 0.05) is 25.2 Å². The van der Waals surface area contributed by atoms with E-state index in [0.717, 1.165) is 13.0 Å². The van der Waals surface area contributed by atoms with E-state index in [1.165, 1.54) is 0 Å². The molecule has 106 valence electrons. The van der Waals surface area contributed by atoms with Gasteiger partial charge in [-0.15, -0.1) is 0 Å². The van der Waals surface area contributed by atoms with Gasteiger partial charge in [-0.3, -0.25) is 9.69 Å². The van der Waals surface area contributed by atoms with Crippen molar-refractivity contribution in [3.63, 3.8) is 0 Å². The number of amides is 1. The summed E-state index contributed by atoms with van der Waals surface area (Å²) in [7, 11) is 0. The van der Waals surface area contributed by atoms with Gasteiger partial charge in [0.1, 0.15) is 0 Å². The Labute approximate surface area is 110 Å². The summed E-state index contributed by atoms with van der Waals surface area (Å²) < 4.78 is 5.26. The Kier molecular flexibility index (Phi) is 6.05. The first-order chi connectivity index (χ1) is 8.51. The van der Waals surface area contributed by atoms with Gasteiger partial charge >= 0.3 is 0 Å². The van der Waals surface area contributed by atoms with Crippen LogP contribution in [0.5, 0.6) is 0 Å². The number of nitrogens with two attached hydrogens (primary N) is 1. The van der Waals surface area contributed by atoms with E-state index in [1.807, 2.05) is 4.90 Å². The van der Waals surface area contributed by atoms with Gasteiger partial charge < -0.3 is 15.4 Å². The van der Waals surface area contributed by atoms with Gasteiger partial charge in [0.15, 0.2) is 0 Å². The Morgan fingerprint density at radius 2 is 2.00 bits per heavy atom. The van der Waals surface area contributed by atoms with Crippen LogP contribution in [0.3, 0.4) is 0 Å². The number of hydrogen-bond acceptors (Lipinski definition) is 4. The van der Waals surface area contributed by atoms with Crippen LogP contribution in [-0.4, -0.2) is 67.2 Å². The third-order valence-electron chi connectivity index (χ3n) is 3.54. The Morgan fingerprint density at radius 1 is 1.39 bits per heavy atom. The van der Waals surface area contributed by atoms with Crippen molar-refractivity contribution in [2.24, 2.45) is 5.73 Å². The molecule has 1 rings (SSSR count). The predicted octanol–water partition coefficient (Wildman–Crippen LogP) is 0.295. The highest BCUT2D eigenvalue weighted by Crippen LogP contribution is 2.14. The standard InChI is InChI=1S/C13H27N3O2/c1-4-5-16(13(2,3)11-14)10-12(17)15-6-8-18-9-7-15/h4-11,14H2,1-3H3. The molecule has 0 bridgehead atoms. The van der Waals surface area contributed by atoms with E-state index in [-0.39, 0.29) is 11.4 Å². The molecule has 0 radical (unpaired) electrons. The predicted molar refractivity (Wildman–Crippen MR) is 72.4 cm³/mol. The van der Waals surface area contributed by atoms with E-state index >= 15 is 0 Å². The molecule has 0 unspecified atom stereocenters. The van der Waals surface area contributed by atoms with Crippen molar-refractivity contribution >= 4 is 5.91 Å². The van der Waals surface area contributed by atoms with Crippen molar-refractivity contribution in [2.75, 3.05) is 45.9 Å². The van der Waals surface area contributed by atoms with Crippen LogP contribution in [0.1, 0.15) is 27.2 Å². The third kappa shape index (κ3) is 4.23. The maximum Gasteiger partial charge on any atom is 0.236 e. The van der Waals surface area contributed by atoms with Gasteiger partial charge in [-0.2, -0.15) is 0 Å². The zero-order valence-corrected chi connectivity index (χ0v) is 11.9. The lowest BCUT2D eigenvalue weighted by Gasteiger charge is -2.38. The van der Waals surface area contributed by atoms with Crippen LogP contribution < -0.4 is 5.73 Å². The largest absolute Gasteiger partial charge is 0.378 e. The molecule has 0 saturated carbocycles. The molecule has 0 spiro atoms. The number of morpholine rings is 1. The first kappa shape index (κ1) is 15.4. The molecule has 0 aromatic rings. The van der Waals surface area contributed by atoms with Crippen LogP contribution in [0.25, 0.3) is 0 Å². The van der Waals surface area contributed by atoms with Crippen molar-refractivity contribution < 1.29 is 9.53 Å². The van der Waals surface area contributed by atoms with Crippen molar-refractivity contribution in [3.8, 4) is 0 Å². The molecule has 1 heterocycles. The fourth-order valence-electron chi connectivity index (χ4n) is 2.07. The van der Waals surface area contributed by atoms with Crippen LogP contribution in [0.4, 0.5) is 0 Å². The van der Waals surface area contributed by atoms with Crippen LogP contribution in [-0.2, 0) is 9.53 Å². The van der Waals surface area contributed by atoms with Gasteiger partial charge in [-0.1, -0.05) is 6.92 Å². The minimum Gasteiger partial charge on any atom is -0.378 e. The molecule has 1 saturated heterocycles. The number of nitrogens with zero attached hydrogens (tertiary/aromatic N) is 2. The van der Waals surface area contributed by atoms with Crippen LogP contribution >= 0.6 is 0 Å². The number of hydrogen-bond donors (Lipinski definition) is 1. The molecule has 0 aliphatic carbocycles. The van der Waals surface area contributed by atoms with Gasteiger partial charge in [0.25, 0.3) is 0 Å². The molecule has 1 amide bonds. The van der Waals surface area contributed by atoms with E-state index in [9.17, 15) is 4.79 Å². The SMILES string of the molecule is CCCN(CC(=O)N1CCOCC1)C(C)(C)CN. The summed E-state index contributed by atoms with van der Waals surface area (Å²) in [6.07, 6.45) is 1.03. The first-order valence-corrected chi connectivity index (χ1v) is 6.82. The Balaban J connectivity index is 2.56. The molecular formula is C13H27N3O2. The molecule has 1 aliphatic rings. The number of rotatable bonds is 6. The number of carbonyl (C=O) groups excluding carboxylic acids is 1. The monoisotopic (exact) mass is 257 g/mol. The molecule has 0 aromatic heterocycles. The lowest BCUT2D eigenvalue weighted by atomic mass is 10.0. The molecule has 2 N–H and O–H groups in total. The van der Waals surface area contributed by atoms with Crippen molar-refractivity contribution in [1.29, 1.82) is 0 Å². The van der Waals surface area contributed by atoms with Crippen molar-refractivity contribution in [3.05, 3.63) is 0 Å². The summed E-state index contributed by atoms with van der Waals surface area (Å²) in [6.45, 7) is 11.0. The summed E-state index contributed by atoms with van der Waals surface area (Å²) in [5.41, 5.74) is 5.68. The minimum absolute atomic E-state index is 0.127. The highest BCUT2D eigenvalue weighted by atomic mass is 16.5. The van der Waals surface area contributed by atoms with E-state index in [2.05, 4.69) is 25.7 Å². The van der Waals surface area contributed by atoms with Gasteiger partial charge in [-0.05, 0) is 26.8 Å². The van der Waals surface area contributed by atoms with Crippen LogP contribution in [0.2, 0.25) is 0 Å². The molecular weight excluding hydrogens is 230 g/mol. The van der Waals surface area contributed by atoms with Gasteiger partial charge in [-0.25, -0.2) is 0 Å². The molecule has 1 fully saturated rings. The fourth-order valence-corrected chi connectivity index (χ4v) is 2.07. The van der Waals surface area contributed by atoms with Crippen LogP contribution in [0.15, 0.2) is 0 Å². The highest BCUT2D eigenvalue weighted by Gasteiger charge is 2.28. The Hall–Kier alpha value is -0.650. The Morgan fingerprint density at radius 3 is 2.50 bits per heavy atom. The quantitative estimate of drug-likeness (QED) is 0.743. The lowest BCUT2D eigenvalue weighted by molar-refractivity contribution is -0.137. The van der Waals surface area contributed by atoms with E-state index in [0.29, 0.717) is 39.4 Å². The van der Waals surface area contributed by atoms with Crippen LogP contribution in [0, 0.1) is 0 Å². The zero-order valence-electron chi connectivity index (χ0n) is 11.9. The summed E-state index contributed by atoms with van der Waals surface area (Å²) in [5, 5.41) is 0. The normalized spacial score (nSPS) is 17.3. The maximum absolute atomic E-state index is 12.2. The smallest absolute Gasteiger partial charge is 0.236 e. The maximum atomic E-state index is 12.2. The van der Waals surface area contributed by atoms with Gasteiger partial charge in [0.2, 0.25) is 5.91 Å². The highest BCUT2D eigenvalue weighted by molar-refractivity contribution is 5.78. The zero-order chi connectivity index (χ0) is 13.6. The molecule has 0 aromatic carbocycles. The molecule has 18 heavy (non-hydrogen) atoms. The first-order valence-electron chi connectivity index (χ1n) is 6.82. The number of ether oxygens (including phenoxy) is 1. The fraction of sp³-hybridized carbons (Fsp3) is 0.923. The van der Waals surface area contributed by atoms with Gasteiger partial charge in [0.05, 0.1) is 19.8 Å². The van der Waals surface area contributed by atoms with Crippen molar-refractivity contribution in [1.82, 2.24) is 9.80 Å². The number of carbonyl (C=O) groups is 1. The second kappa shape index (κ2) is 7.07. The molecule has 1 aliphatic heterocycles. The minimum atomic E-state index is -0.127. The summed E-state index contributed by atoms with van der Waals surface area (Å²) in [4.78, 5) is 16.3. The third-order valence-corrected chi connectivity index (χ3v) is 3.54. The lowest BCUT2D eigenvalue weighted by Crippen LogP contribution is -2.54. The topological polar surface area (TPSA) is 58.8 Å². The summed E-state index contributed by atoms with van der Waals surface area (Å²) in [6, 6.07) is 0. The van der Waals surface area contributed by atoms with E-state index in [4.69, 9.17) is 10.5 Å². The van der Waals surface area contributed by atoms with E-state index in [1.54, 1.807) is 0 Å².